The van der Waals surface area contributed by atoms with Crippen LogP contribution in [-0.2, 0) is 19.6 Å². The molecular weight excluding hydrogens is 451 g/mol. The lowest BCUT2D eigenvalue weighted by Crippen LogP contribution is -2.43. The Morgan fingerprint density at radius 1 is 1.13 bits per heavy atom. The molecule has 1 saturated heterocycles. The van der Waals surface area contributed by atoms with Gasteiger partial charge in [0.15, 0.2) is 0 Å². The second-order valence-electron chi connectivity index (χ2n) is 6.83. The number of hydrogen-bond acceptors (Lipinski definition) is 5. The molecule has 1 amide bonds. The summed E-state index contributed by atoms with van der Waals surface area (Å²) in [5.74, 6) is -1.48. The highest BCUT2D eigenvalue weighted by Gasteiger charge is 2.33. The van der Waals surface area contributed by atoms with E-state index in [1.165, 1.54) is 53.9 Å². The Labute approximate surface area is 185 Å². The average Bonchev–Trinajstić information content (AvgIpc) is 2.75. The van der Waals surface area contributed by atoms with Crippen molar-refractivity contribution in [2.75, 3.05) is 25.5 Å². The van der Waals surface area contributed by atoms with Gasteiger partial charge in [-0.25, -0.2) is 13.2 Å². The number of nitrogens with one attached hydrogen (secondary N) is 1. The third-order valence-electron chi connectivity index (χ3n) is 4.85. The lowest BCUT2D eigenvalue weighted by atomic mass is 9.98. The van der Waals surface area contributed by atoms with Gasteiger partial charge in [-0.05, 0) is 55.3 Å². The molecule has 0 saturated carbocycles. The van der Waals surface area contributed by atoms with E-state index >= 15 is 0 Å². The van der Waals surface area contributed by atoms with Gasteiger partial charge in [0.05, 0.1) is 34.2 Å². The molecule has 30 heavy (non-hydrogen) atoms. The average molecular weight is 471 g/mol. The van der Waals surface area contributed by atoms with Crippen LogP contribution in [0.4, 0.5) is 5.69 Å². The van der Waals surface area contributed by atoms with E-state index in [4.69, 9.17) is 23.2 Å². The number of anilines is 1. The maximum atomic E-state index is 12.9. The normalized spacial score (nSPS) is 17.4. The van der Waals surface area contributed by atoms with Crippen molar-refractivity contribution in [3.8, 4) is 0 Å². The molecule has 1 heterocycles. The van der Waals surface area contributed by atoms with Gasteiger partial charge in [-0.2, -0.15) is 4.31 Å². The summed E-state index contributed by atoms with van der Waals surface area (Å²) in [5.41, 5.74) is 0.509. The molecule has 2 aromatic carbocycles. The highest BCUT2D eigenvalue weighted by Crippen LogP contribution is 2.28. The Hall–Kier alpha value is -2.13. The molecule has 0 radical (unpaired) electrons. The number of carbonyl (C=O) groups is 2. The molecule has 7 nitrogen and oxygen atoms in total. The molecule has 1 aliphatic rings. The number of benzene rings is 2. The molecule has 0 spiro atoms. The van der Waals surface area contributed by atoms with Crippen LogP contribution in [0, 0.1) is 5.92 Å². The zero-order chi connectivity index (χ0) is 21.9. The summed E-state index contributed by atoms with van der Waals surface area (Å²) >= 11 is 12.0. The lowest BCUT2D eigenvalue weighted by Gasteiger charge is -2.31. The first-order valence-electron chi connectivity index (χ1n) is 9.17. The van der Waals surface area contributed by atoms with E-state index < -0.39 is 21.9 Å². The second kappa shape index (κ2) is 9.34. The fourth-order valence-corrected chi connectivity index (χ4v) is 5.05. The number of halogens is 2. The van der Waals surface area contributed by atoms with Crippen LogP contribution in [0.5, 0.6) is 0 Å². The number of rotatable bonds is 5. The van der Waals surface area contributed by atoms with E-state index in [0.717, 1.165) is 0 Å². The number of ether oxygens (including phenoxy) is 1. The minimum atomic E-state index is -3.74. The van der Waals surface area contributed by atoms with Gasteiger partial charge in [-0.1, -0.05) is 23.2 Å². The summed E-state index contributed by atoms with van der Waals surface area (Å²) < 4.78 is 31.8. The van der Waals surface area contributed by atoms with Gasteiger partial charge < -0.3 is 10.1 Å². The number of methoxy groups -OCH3 is 1. The van der Waals surface area contributed by atoms with Crippen LogP contribution in [-0.4, -0.2) is 44.8 Å². The maximum Gasteiger partial charge on any atom is 0.337 e. The van der Waals surface area contributed by atoms with Crippen molar-refractivity contribution >= 4 is 50.8 Å². The fourth-order valence-electron chi connectivity index (χ4n) is 3.23. The van der Waals surface area contributed by atoms with Crippen LogP contribution in [0.15, 0.2) is 47.4 Å². The van der Waals surface area contributed by atoms with Gasteiger partial charge in [0.25, 0.3) is 0 Å². The van der Waals surface area contributed by atoms with E-state index in [1.807, 2.05) is 0 Å². The fraction of sp³-hybridized carbons (Fsp3) is 0.300. The molecule has 1 aliphatic heterocycles. The van der Waals surface area contributed by atoms with Crippen molar-refractivity contribution in [1.29, 1.82) is 0 Å². The van der Waals surface area contributed by atoms with Crippen molar-refractivity contribution in [1.82, 2.24) is 4.31 Å². The van der Waals surface area contributed by atoms with Crippen molar-refractivity contribution in [2.45, 2.75) is 17.7 Å². The van der Waals surface area contributed by atoms with E-state index in [2.05, 4.69) is 10.1 Å². The largest absolute Gasteiger partial charge is 0.465 e. The molecule has 2 aromatic rings. The first kappa shape index (κ1) is 22.6. The molecule has 1 N–H and O–H groups in total. The summed E-state index contributed by atoms with van der Waals surface area (Å²) in [5, 5.41) is 3.40. The van der Waals surface area contributed by atoms with Crippen LogP contribution < -0.4 is 5.32 Å². The van der Waals surface area contributed by atoms with E-state index in [1.54, 1.807) is 0 Å². The third-order valence-corrected chi connectivity index (χ3v) is 7.31. The molecule has 0 unspecified atom stereocenters. The van der Waals surface area contributed by atoms with Crippen LogP contribution in [0.3, 0.4) is 0 Å². The number of amides is 1. The molecule has 0 aliphatic carbocycles. The molecule has 0 aromatic heterocycles. The topological polar surface area (TPSA) is 92.8 Å². The Kier molecular flexibility index (Phi) is 7.02. The van der Waals surface area contributed by atoms with E-state index in [9.17, 15) is 18.0 Å². The predicted molar refractivity (Wildman–Crippen MR) is 114 cm³/mol. The first-order valence-corrected chi connectivity index (χ1v) is 11.4. The van der Waals surface area contributed by atoms with E-state index in [0.29, 0.717) is 24.4 Å². The Morgan fingerprint density at radius 3 is 2.50 bits per heavy atom. The number of sulfonamides is 1. The summed E-state index contributed by atoms with van der Waals surface area (Å²) in [6.45, 7) is 0.373. The zero-order valence-electron chi connectivity index (χ0n) is 16.1. The number of hydrogen-bond donors (Lipinski definition) is 1. The predicted octanol–water partition coefficient (Wildman–Crippen LogP) is 3.82. The highest BCUT2D eigenvalue weighted by molar-refractivity contribution is 7.89. The van der Waals surface area contributed by atoms with Crippen LogP contribution in [0.25, 0.3) is 0 Å². The minimum absolute atomic E-state index is 0.0467. The second-order valence-corrected chi connectivity index (χ2v) is 9.61. The molecule has 10 heteroatoms. The Bertz CT molecular complexity index is 1060. The number of carbonyl (C=O) groups excluding carboxylic acids is 2. The minimum Gasteiger partial charge on any atom is -0.465 e. The van der Waals surface area contributed by atoms with Gasteiger partial charge >= 0.3 is 5.97 Å². The zero-order valence-corrected chi connectivity index (χ0v) is 18.4. The van der Waals surface area contributed by atoms with Crippen LogP contribution >= 0.6 is 23.2 Å². The molecule has 1 fully saturated rings. The van der Waals surface area contributed by atoms with E-state index in [-0.39, 0.29) is 33.6 Å². The van der Waals surface area contributed by atoms with Crippen LogP contribution in [0.1, 0.15) is 23.2 Å². The van der Waals surface area contributed by atoms with Gasteiger partial charge in [-0.3, -0.25) is 4.79 Å². The molecule has 3 rings (SSSR count). The summed E-state index contributed by atoms with van der Waals surface area (Å²) in [6, 6.07) is 10.3. The van der Waals surface area contributed by atoms with Crippen molar-refractivity contribution in [3.63, 3.8) is 0 Å². The van der Waals surface area contributed by atoms with Crippen molar-refractivity contribution in [2.24, 2.45) is 5.92 Å². The lowest BCUT2D eigenvalue weighted by molar-refractivity contribution is -0.120. The SMILES string of the molecule is COC(=O)c1ccc(Cl)c(NC(=O)[C@H]2CCCN(S(=O)(=O)c3ccc(Cl)cc3)C2)c1. The number of piperidine rings is 1. The van der Waals surface area contributed by atoms with Gasteiger partial charge in [0, 0.05) is 18.1 Å². The van der Waals surface area contributed by atoms with Gasteiger partial charge in [0.1, 0.15) is 0 Å². The monoisotopic (exact) mass is 470 g/mol. The maximum absolute atomic E-state index is 12.9. The highest BCUT2D eigenvalue weighted by atomic mass is 35.5. The van der Waals surface area contributed by atoms with Gasteiger partial charge in [-0.15, -0.1) is 0 Å². The van der Waals surface area contributed by atoms with Crippen molar-refractivity contribution in [3.05, 3.63) is 58.1 Å². The van der Waals surface area contributed by atoms with Gasteiger partial charge in [0.2, 0.25) is 15.9 Å². The standard InChI is InChI=1S/C20H20Cl2N2O5S/c1-29-20(26)13-4-9-17(22)18(11-13)23-19(25)14-3-2-10-24(12-14)30(27,28)16-7-5-15(21)6-8-16/h4-9,11,14H,2-3,10,12H2,1H3,(H,23,25)/t14-/m0/s1. The quantitative estimate of drug-likeness (QED) is 0.670. The van der Waals surface area contributed by atoms with Crippen molar-refractivity contribution < 1.29 is 22.7 Å². The first-order chi connectivity index (χ1) is 14.2. The summed E-state index contributed by atoms with van der Waals surface area (Å²) in [4.78, 5) is 24.6. The molecular formula is C20H20Cl2N2O5S. The Balaban J connectivity index is 1.75. The summed E-state index contributed by atoms with van der Waals surface area (Å²) in [7, 11) is -2.48. The number of nitrogens with zero attached hydrogens (tertiary/aromatic N) is 1. The number of esters is 1. The molecule has 0 bridgehead atoms. The smallest absolute Gasteiger partial charge is 0.337 e. The summed E-state index contributed by atoms with van der Waals surface area (Å²) in [6.07, 6.45) is 1.08. The molecule has 1 atom stereocenters. The molecule has 160 valence electrons. The third kappa shape index (κ3) is 4.95. The van der Waals surface area contributed by atoms with Crippen LogP contribution in [0.2, 0.25) is 10.0 Å². The Morgan fingerprint density at radius 2 is 1.83 bits per heavy atom.